The Labute approximate surface area is 140 Å². The normalized spacial score (nSPS) is 11.2. The van der Waals surface area contributed by atoms with Crippen molar-refractivity contribution in [3.63, 3.8) is 0 Å². The van der Waals surface area contributed by atoms with Gasteiger partial charge >= 0.3 is 0 Å². The van der Waals surface area contributed by atoms with E-state index < -0.39 is 6.04 Å². The third kappa shape index (κ3) is 5.43. The molecule has 1 atom stereocenters. The Kier molecular flexibility index (Phi) is 7.31. The predicted octanol–water partition coefficient (Wildman–Crippen LogP) is 2.31. The molecule has 0 bridgehead atoms. The Morgan fingerprint density at radius 2 is 1.91 bits per heavy atom. The Morgan fingerprint density at radius 1 is 1.22 bits per heavy atom. The molecule has 6 nitrogen and oxygen atoms in total. The van der Waals surface area contributed by atoms with Crippen LogP contribution in [0.5, 0.6) is 0 Å². The van der Waals surface area contributed by atoms with Gasteiger partial charge in [-0.15, -0.1) is 12.4 Å². The molecular weight excluding hydrogens is 318 g/mol. The minimum Gasteiger partial charge on any atom is -0.459 e. The van der Waals surface area contributed by atoms with E-state index in [9.17, 15) is 9.59 Å². The molecule has 23 heavy (non-hydrogen) atoms. The molecule has 0 aliphatic carbocycles. The van der Waals surface area contributed by atoms with E-state index in [4.69, 9.17) is 10.2 Å². The number of nitrogens with one attached hydrogen (secondary N) is 2. The van der Waals surface area contributed by atoms with Gasteiger partial charge < -0.3 is 20.8 Å². The molecule has 2 amide bonds. The van der Waals surface area contributed by atoms with Crippen LogP contribution in [0, 0.1) is 0 Å². The SMILES string of the molecule is CC[C@H](N)C(=O)NCc1ccc(NC(=O)c2ccco2)cc1.Cl. The molecule has 0 saturated carbocycles. The highest BCUT2D eigenvalue weighted by atomic mass is 35.5. The lowest BCUT2D eigenvalue weighted by Crippen LogP contribution is -2.39. The molecule has 4 N–H and O–H groups in total. The quantitative estimate of drug-likeness (QED) is 0.753. The maximum atomic E-state index is 11.8. The first kappa shape index (κ1) is 18.7. The third-order valence-electron chi connectivity index (χ3n) is 3.20. The second-order valence-corrected chi connectivity index (χ2v) is 4.86. The molecule has 0 unspecified atom stereocenters. The number of furan rings is 1. The molecule has 7 heteroatoms. The van der Waals surface area contributed by atoms with Gasteiger partial charge in [0.1, 0.15) is 0 Å². The van der Waals surface area contributed by atoms with Crippen LogP contribution in [-0.2, 0) is 11.3 Å². The fourth-order valence-corrected chi connectivity index (χ4v) is 1.81. The largest absolute Gasteiger partial charge is 0.459 e. The molecule has 1 aromatic carbocycles. The molecule has 0 fully saturated rings. The number of carbonyl (C=O) groups excluding carboxylic acids is 2. The highest BCUT2D eigenvalue weighted by molar-refractivity contribution is 6.02. The van der Waals surface area contributed by atoms with Crippen molar-refractivity contribution in [2.75, 3.05) is 5.32 Å². The van der Waals surface area contributed by atoms with E-state index in [1.807, 2.05) is 19.1 Å². The van der Waals surface area contributed by atoms with Gasteiger partial charge in [-0.3, -0.25) is 9.59 Å². The van der Waals surface area contributed by atoms with Gasteiger partial charge in [0.25, 0.3) is 5.91 Å². The van der Waals surface area contributed by atoms with E-state index in [-0.39, 0.29) is 30.0 Å². The smallest absolute Gasteiger partial charge is 0.291 e. The molecule has 2 rings (SSSR count). The third-order valence-corrected chi connectivity index (χ3v) is 3.20. The molecule has 0 aliphatic rings. The average molecular weight is 338 g/mol. The van der Waals surface area contributed by atoms with Crippen LogP contribution in [0.25, 0.3) is 0 Å². The van der Waals surface area contributed by atoms with E-state index in [0.29, 0.717) is 18.7 Å². The van der Waals surface area contributed by atoms with E-state index in [1.54, 1.807) is 24.3 Å². The Bertz CT molecular complexity index is 627. The number of amides is 2. The van der Waals surface area contributed by atoms with Crippen LogP contribution >= 0.6 is 12.4 Å². The van der Waals surface area contributed by atoms with Crippen molar-refractivity contribution in [1.82, 2.24) is 5.32 Å². The zero-order valence-electron chi connectivity index (χ0n) is 12.7. The van der Waals surface area contributed by atoms with Crippen LogP contribution in [0.2, 0.25) is 0 Å². The van der Waals surface area contributed by atoms with Crippen LogP contribution < -0.4 is 16.4 Å². The standard InChI is InChI=1S/C16H19N3O3.ClH/c1-2-13(17)15(20)18-10-11-5-7-12(8-6-11)19-16(21)14-4-3-9-22-14;/h3-9,13H,2,10,17H2,1H3,(H,18,20)(H,19,21);1H/t13-;/m0./s1. The maximum Gasteiger partial charge on any atom is 0.291 e. The van der Waals surface area contributed by atoms with Crippen LogP contribution in [0.3, 0.4) is 0 Å². The number of hydrogen-bond acceptors (Lipinski definition) is 4. The van der Waals surface area contributed by atoms with Crippen molar-refractivity contribution in [2.24, 2.45) is 5.73 Å². The second-order valence-electron chi connectivity index (χ2n) is 4.86. The minimum atomic E-state index is -0.480. The monoisotopic (exact) mass is 337 g/mol. The maximum absolute atomic E-state index is 11.8. The highest BCUT2D eigenvalue weighted by Gasteiger charge is 2.10. The molecule has 0 spiro atoms. The van der Waals surface area contributed by atoms with Crippen molar-refractivity contribution in [3.8, 4) is 0 Å². The Balaban J connectivity index is 0.00000264. The molecule has 1 heterocycles. The first-order valence-corrected chi connectivity index (χ1v) is 7.07. The van der Waals surface area contributed by atoms with Crippen LogP contribution in [-0.4, -0.2) is 17.9 Å². The number of anilines is 1. The van der Waals surface area contributed by atoms with Crippen LogP contribution in [0.4, 0.5) is 5.69 Å². The van der Waals surface area contributed by atoms with Gasteiger partial charge in [0.15, 0.2) is 5.76 Å². The highest BCUT2D eigenvalue weighted by Crippen LogP contribution is 2.11. The minimum absolute atomic E-state index is 0. The fourth-order valence-electron chi connectivity index (χ4n) is 1.81. The van der Waals surface area contributed by atoms with Crippen molar-refractivity contribution in [3.05, 3.63) is 54.0 Å². The summed E-state index contributed by atoms with van der Waals surface area (Å²) in [5.41, 5.74) is 7.22. The molecular formula is C16H20ClN3O3. The van der Waals surface area contributed by atoms with Crippen molar-refractivity contribution in [1.29, 1.82) is 0 Å². The van der Waals surface area contributed by atoms with E-state index in [0.717, 1.165) is 5.56 Å². The Hall–Kier alpha value is -2.31. The molecule has 0 aliphatic heterocycles. The number of benzene rings is 1. The molecule has 0 radical (unpaired) electrons. The van der Waals surface area contributed by atoms with Crippen molar-refractivity contribution in [2.45, 2.75) is 25.9 Å². The number of nitrogens with two attached hydrogens (primary N) is 1. The average Bonchev–Trinajstić information content (AvgIpc) is 3.07. The van der Waals surface area contributed by atoms with E-state index >= 15 is 0 Å². The number of hydrogen-bond donors (Lipinski definition) is 3. The first-order chi connectivity index (χ1) is 10.6. The second kappa shape index (κ2) is 8.97. The number of rotatable bonds is 6. The van der Waals surface area contributed by atoms with Gasteiger partial charge in [0.05, 0.1) is 12.3 Å². The fraction of sp³-hybridized carbons (Fsp3) is 0.250. The molecule has 2 aromatic rings. The van der Waals surface area contributed by atoms with E-state index in [1.165, 1.54) is 6.26 Å². The van der Waals surface area contributed by atoms with Crippen molar-refractivity contribution < 1.29 is 14.0 Å². The van der Waals surface area contributed by atoms with Gasteiger partial charge in [0.2, 0.25) is 5.91 Å². The van der Waals surface area contributed by atoms with Gasteiger partial charge in [-0.25, -0.2) is 0 Å². The topological polar surface area (TPSA) is 97.4 Å². The summed E-state index contributed by atoms with van der Waals surface area (Å²) in [5, 5.41) is 5.49. The molecule has 124 valence electrons. The summed E-state index contributed by atoms with van der Waals surface area (Å²) in [4.78, 5) is 23.4. The van der Waals surface area contributed by atoms with Crippen LogP contribution in [0.1, 0.15) is 29.5 Å². The van der Waals surface area contributed by atoms with Crippen molar-refractivity contribution >= 4 is 29.9 Å². The van der Waals surface area contributed by atoms with Gasteiger partial charge in [-0.2, -0.15) is 0 Å². The zero-order chi connectivity index (χ0) is 15.9. The first-order valence-electron chi connectivity index (χ1n) is 7.07. The lowest BCUT2D eigenvalue weighted by atomic mass is 10.2. The predicted molar refractivity (Wildman–Crippen MR) is 90.5 cm³/mol. The lowest BCUT2D eigenvalue weighted by Gasteiger charge is -2.10. The van der Waals surface area contributed by atoms with Gasteiger partial charge in [0, 0.05) is 12.2 Å². The summed E-state index contributed by atoms with van der Waals surface area (Å²) in [6, 6.07) is 9.96. The summed E-state index contributed by atoms with van der Waals surface area (Å²) < 4.78 is 5.02. The summed E-state index contributed by atoms with van der Waals surface area (Å²) in [5.74, 6) is -0.220. The van der Waals surface area contributed by atoms with Gasteiger partial charge in [-0.1, -0.05) is 19.1 Å². The number of carbonyl (C=O) groups is 2. The van der Waals surface area contributed by atoms with Gasteiger partial charge in [-0.05, 0) is 36.2 Å². The zero-order valence-corrected chi connectivity index (χ0v) is 13.6. The Morgan fingerprint density at radius 3 is 2.48 bits per heavy atom. The summed E-state index contributed by atoms with van der Waals surface area (Å²) >= 11 is 0. The molecule has 0 saturated heterocycles. The summed E-state index contributed by atoms with van der Waals surface area (Å²) in [7, 11) is 0. The van der Waals surface area contributed by atoms with Crippen LogP contribution in [0.15, 0.2) is 47.1 Å². The lowest BCUT2D eigenvalue weighted by molar-refractivity contribution is -0.122. The number of halogens is 1. The van der Waals surface area contributed by atoms with E-state index in [2.05, 4.69) is 10.6 Å². The summed E-state index contributed by atoms with van der Waals surface area (Å²) in [6.07, 6.45) is 2.05. The molecule has 1 aromatic heterocycles. The summed E-state index contributed by atoms with van der Waals surface area (Å²) in [6.45, 7) is 2.26.